The van der Waals surface area contributed by atoms with E-state index < -0.39 is 13.5 Å². The predicted octanol–water partition coefficient (Wildman–Crippen LogP) is 6.06. The van der Waals surface area contributed by atoms with Gasteiger partial charge >= 0.3 is 36.6 Å². The average molecular weight is 459 g/mol. The minimum Gasteiger partial charge on any atom is -0.542 e. The van der Waals surface area contributed by atoms with Gasteiger partial charge in [0.05, 0.1) is 0 Å². The third-order valence-corrected chi connectivity index (χ3v) is 3.88. The molecule has 0 N–H and O–H groups in total. The molecule has 0 aliphatic heterocycles. The molecule has 0 aromatic carbocycles. The normalized spacial score (nSPS) is 12.8. The summed E-state index contributed by atoms with van der Waals surface area (Å²) >= 11 is 0. The van der Waals surface area contributed by atoms with Gasteiger partial charge in [-0.05, 0) is 83.1 Å². The van der Waals surface area contributed by atoms with Gasteiger partial charge in [-0.1, -0.05) is 13.8 Å². The van der Waals surface area contributed by atoms with Crippen LogP contribution in [0.1, 0.15) is 96.9 Å². The molecule has 0 saturated heterocycles. The topological polar surface area (TPSA) is 55.4 Å². The molecule has 0 saturated carbocycles. The standard InChI is InChI=1S/2C11H26BO3.Mg/c2*1-8-12(13-9(2)3,14-10(4)5)15-11(6)7;/h2*9-11H,8H2,1-7H3;/q2*-1;+2. The maximum Gasteiger partial charge on any atom is 2.00 e. The van der Waals surface area contributed by atoms with Crippen LogP contribution in [0.3, 0.4) is 0 Å². The molecule has 0 unspecified atom stereocenters. The van der Waals surface area contributed by atoms with E-state index in [-0.39, 0.29) is 59.7 Å². The van der Waals surface area contributed by atoms with Gasteiger partial charge < -0.3 is 27.9 Å². The van der Waals surface area contributed by atoms with Gasteiger partial charge in [0.25, 0.3) is 0 Å². The van der Waals surface area contributed by atoms with Gasteiger partial charge in [0.2, 0.25) is 0 Å². The summed E-state index contributed by atoms with van der Waals surface area (Å²) in [5, 5.41) is 0. The van der Waals surface area contributed by atoms with E-state index in [0.717, 1.165) is 12.6 Å². The molecule has 0 aliphatic carbocycles. The number of rotatable bonds is 14. The second-order valence-corrected chi connectivity index (χ2v) is 9.50. The van der Waals surface area contributed by atoms with Crippen molar-refractivity contribution in [3.8, 4) is 0 Å². The first-order valence-electron chi connectivity index (χ1n) is 12.0. The van der Waals surface area contributed by atoms with Crippen LogP contribution in [-0.4, -0.2) is 73.2 Å². The quantitative estimate of drug-likeness (QED) is 0.295. The summed E-state index contributed by atoms with van der Waals surface area (Å²) < 4.78 is 35.0. The zero-order valence-corrected chi connectivity index (χ0v) is 24.6. The average Bonchev–Trinajstić information content (AvgIpc) is 2.51. The molecule has 0 rings (SSSR count). The summed E-state index contributed by atoms with van der Waals surface area (Å²) in [6.07, 6.45) is 2.17. The molecule has 0 aromatic rings. The van der Waals surface area contributed by atoms with Crippen LogP contribution in [0.4, 0.5) is 0 Å². The molecule has 0 heterocycles. The molecule has 0 radical (unpaired) electrons. The van der Waals surface area contributed by atoms with Crippen molar-refractivity contribution in [3.05, 3.63) is 0 Å². The Kier molecular flexibility index (Phi) is 21.1. The van der Waals surface area contributed by atoms with E-state index in [2.05, 4.69) is 0 Å². The van der Waals surface area contributed by atoms with Gasteiger partial charge in [-0.25, -0.2) is 0 Å². The molecule has 31 heavy (non-hydrogen) atoms. The van der Waals surface area contributed by atoms with Crippen LogP contribution >= 0.6 is 0 Å². The first kappa shape index (κ1) is 36.2. The first-order chi connectivity index (χ1) is 13.6. The second-order valence-electron chi connectivity index (χ2n) is 9.50. The second kappa shape index (κ2) is 18.0. The van der Waals surface area contributed by atoms with Crippen LogP contribution < -0.4 is 0 Å². The van der Waals surface area contributed by atoms with E-state index in [9.17, 15) is 0 Å². The van der Waals surface area contributed by atoms with Crippen LogP contribution in [0.25, 0.3) is 0 Å². The van der Waals surface area contributed by atoms with Crippen LogP contribution in [0.15, 0.2) is 0 Å². The fourth-order valence-electron chi connectivity index (χ4n) is 3.26. The summed E-state index contributed by atoms with van der Waals surface area (Å²) in [7, 11) is 0. The van der Waals surface area contributed by atoms with Gasteiger partial charge in [-0.15, -0.1) is 12.6 Å². The van der Waals surface area contributed by atoms with Gasteiger partial charge in [0.1, 0.15) is 0 Å². The molecule has 0 amide bonds. The molecule has 0 spiro atoms. The Morgan fingerprint density at radius 1 is 0.387 bits per heavy atom. The first-order valence-corrected chi connectivity index (χ1v) is 12.0. The maximum atomic E-state index is 5.83. The summed E-state index contributed by atoms with van der Waals surface area (Å²) in [4.78, 5) is 0. The molecule has 9 heteroatoms. The summed E-state index contributed by atoms with van der Waals surface area (Å²) in [5.74, 6) is 0. The van der Waals surface area contributed by atoms with Crippen molar-refractivity contribution >= 4 is 36.6 Å². The minimum atomic E-state index is -1.60. The molecular formula is C22H52B2MgO6. The molecule has 0 aromatic heterocycles. The Hall–Kier alpha value is 0.656. The van der Waals surface area contributed by atoms with Gasteiger partial charge in [0.15, 0.2) is 0 Å². The van der Waals surface area contributed by atoms with Crippen LogP contribution in [-0.2, 0) is 27.9 Å². The van der Waals surface area contributed by atoms with Crippen molar-refractivity contribution in [2.24, 2.45) is 0 Å². The van der Waals surface area contributed by atoms with Crippen LogP contribution in [0, 0.1) is 0 Å². The SMILES string of the molecule is CC[B-](OC(C)C)(OC(C)C)OC(C)C.CC[B-](OC(C)C)(OC(C)C)OC(C)C.[Mg+2]. The van der Waals surface area contributed by atoms with E-state index in [4.69, 9.17) is 27.9 Å². The van der Waals surface area contributed by atoms with Crippen molar-refractivity contribution in [1.29, 1.82) is 0 Å². The van der Waals surface area contributed by atoms with Crippen LogP contribution in [0.5, 0.6) is 0 Å². The van der Waals surface area contributed by atoms with Gasteiger partial charge in [-0.3, -0.25) is 0 Å². The van der Waals surface area contributed by atoms with Crippen molar-refractivity contribution in [2.45, 2.75) is 146 Å². The largest absolute Gasteiger partial charge is 2.00 e. The monoisotopic (exact) mass is 458 g/mol. The number of hydrogen-bond donors (Lipinski definition) is 0. The summed E-state index contributed by atoms with van der Waals surface area (Å²) in [6.45, 7) is 24.9. The zero-order valence-electron chi connectivity index (χ0n) is 23.2. The molecule has 0 aliphatic rings. The molecule has 0 bridgehead atoms. The van der Waals surface area contributed by atoms with Crippen molar-refractivity contribution in [3.63, 3.8) is 0 Å². The summed E-state index contributed by atoms with van der Waals surface area (Å²) in [6, 6.07) is 0. The maximum absolute atomic E-state index is 5.83. The molecule has 0 atom stereocenters. The summed E-state index contributed by atoms with van der Waals surface area (Å²) in [5.41, 5.74) is 0. The van der Waals surface area contributed by atoms with E-state index >= 15 is 0 Å². The smallest absolute Gasteiger partial charge is 0.542 e. The Bertz CT molecular complexity index is 330. The van der Waals surface area contributed by atoms with E-state index in [1.165, 1.54) is 0 Å². The molecule has 6 nitrogen and oxygen atoms in total. The Balaban J connectivity index is -0.000000490. The van der Waals surface area contributed by atoms with E-state index in [1.807, 2.05) is 96.9 Å². The van der Waals surface area contributed by atoms with Gasteiger partial charge in [-0.2, -0.15) is 0 Å². The molecule has 184 valence electrons. The van der Waals surface area contributed by atoms with E-state index in [1.54, 1.807) is 0 Å². The third-order valence-electron chi connectivity index (χ3n) is 3.88. The van der Waals surface area contributed by atoms with Crippen molar-refractivity contribution in [1.82, 2.24) is 0 Å². The Morgan fingerprint density at radius 3 is 0.581 bits per heavy atom. The Morgan fingerprint density at radius 2 is 0.516 bits per heavy atom. The predicted molar refractivity (Wildman–Crippen MR) is 136 cm³/mol. The zero-order chi connectivity index (χ0) is 24.1. The fourth-order valence-corrected chi connectivity index (χ4v) is 3.26. The van der Waals surface area contributed by atoms with Crippen molar-refractivity contribution < 1.29 is 27.9 Å². The van der Waals surface area contributed by atoms with E-state index in [0.29, 0.717) is 0 Å². The minimum absolute atomic E-state index is 0. The van der Waals surface area contributed by atoms with Gasteiger partial charge in [0, 0.05) is 36.6 Å². The molecule has 0 fully saturated rings. The Labute approximate surface area is 210 Å². The number of hydrogen-bond acceptors (Lipinski definition) is 6. The fraction of sp³-hybridized carbons (Fsp3) is 1.00. The van der Waals surface area contributed by atoms with Crippen molar-refractivity contribution in [2.75, 3.05) is 0 Å². The molecular weight excluding hydrogens is 406 g/mol. The third kappa shape index (κ3) is 18.7. The van der Waals surface area contributed by atoms with Crippen LogP contribution in [0.2, 0.25) is 12.6 Å².